The summed E-state index contributed by atoms with van der Waals surface area (Å²) in [5.74, 6) is -1.13. The van der Waals surface area contributed by atoms with Crippen molar-refractivity contribution in [3.05, 3.63) is 35.4 Å². The lowest BCUT2D eigenvalue weighted by Gasteiger charge is -2.13. The van der Waals surface area contributed by atoms with Crippen LogP contribution < -0.4 is 5.32 Å². The second kappa shape index (κ2) is 6.03. The maximum Gasteiger partial charge on any atom is 0.163 e. The molecule has 4 heteroatoms. The number of nitrogens with one attached hydrogen (secondary N) is 1. The van der Waals surface area contributed by atoms with Gasteiger partial charge in [0, 0.05) is 24.0 Å². The van der Waals surface area contributed by atoms with E-state index in [0.717, 1.165) is 12.5 Å². The first-order valence-electron chi connectivity index (χ1n) is 4.91. The molecule has 1 nitrogen and oxygen atoms in total. The molecule has 0 spiro atoms. The predicted molar refractivity (Wildman–Crippen MR) is 58.0 cm³/mol. The molecule has 1 rings (SSSR count). The maximum absolute atomic E-state index is 13.2. The smallest absolute Gasteiger partial charge is 0.163 e. The van der Waals surface area contributed by atoms with E-state index in [0.29, 0.717) is 18.0 Å². The molecular formula is C11H14ClF2N. The summed E-state index contributed by atoms with van der Waals surface area (Å²) in [6.45, 7) is 2.29. The van der Waals surface area contributed by atoms with Gasteiger partial charge in [0.25, 0.3) is 0 Å². The van der Waals surface area contributed by atoms with Crippen LogP contribution in [0, 0.1) is 11.6 Å². The Morgan fingerprint density at radius 3 is 2.73 bits per heavy atom. The molecule has 84 valence electrons. The van der Waals surface area contributed by atoms with E-state index in [4.69, 9.17) is 11.6 Å². The van der Waals surface area contributed by atoms with Gasteiger partial charge in [-0.05, 0) is 12.5 Å². The first kappa shape index (κ1) is 12.4. The molecule has 1 aromatic rings. The molecule has 0 amide bonds. The Labute approximate surface area is 93.4 Å². The predicted octanol–water partition coefficient (Wildman–Crippen LogP) is 3.07. The Balaban J connectivity index is 2.61. The molecule has 0 aliphatic heterocycles. The number of alkyl halides is 1. The van der Waals surface area contributed by atoms with Gasteiger partial charge in [0.05, 0.1) is 0 Å². The van der Waals surface area contributed by atoms with Crippen LogP contribution in [0.1, 0.15) is 18.9 Å². The van der Waals surface area contributed by atoms with Crippen molar-refractivity contribution in [1.82, 2.24) is 5.32 Å². The average molecular weight is 234 g/mol. The van der Waals surface area contributed by atoms with Crippen LogP contribution in [-0.4, -0.2) is 11.9 Å². The third kappa shape index (κ3) is 3.43. The summed E-state index contributed by atoms with van der Waals surface area (Å²) >= 11 is 5.67. The van der Waals surface area contributed by atoms with E-state index >= 15 is 0 Å². The zero-order valence-electron chi connectivity index (χ0n) is 8.56. The Hall–Kier alpha value is -0.670. The Bertz CT molecular complexity index is 313. The molecule has 0 saturated carbocycles. The Morgan fingerprint density at radius 1 is 1.40 bits per heavy atom. The lowest BCUT2D eigenvalue weighted by molar-refractivity contribution is 0.479. The van der Waals surface area contributed by atoms with Gasteiger partial charge in [0.15, 0.2) is 11.6 Å². The topological polar surface area (TPSA) is 12.0 Å². The number of rotatable bonds is 5. The fraction of sp³-hybridized carbons (Fsp3) is 0.455. The monoisotopic (exact) mass is 233 g/mol. The number of halogens is 3. The number of hydrogen-bond donors (Lipinski definition) is 1. The Kier molecular flexibility index (Phi) is 4.99. The first-order valence-corrected chi connectivity index (χ1v) is 5.44. The van der Waals surface area contributed by atoms with Crippen LogP contribution in [0.25, 0.3) is 0 Å². The molecule has 0 saturated heterocycles. The van der Waals surface area contributed by atoms with Crippen LogP contribution in [0.15, 0.2) is 18.2 Å². The molecule has 0 radical (unpaired) electrons. The van der Waals surface area contributed by atoms with Crippen molar-refractivity contribution in [2.24, 2.45) is 0 Å². The third-order valence-electron chi connectivity index (χ3n) is 2.29. The highest BCUT2D eigenvalue weighted by Crippen LogP contribution is 2.11. The third-order valence-corrected chi connectivity index (χ3v) is 2.66. The van der Waals surface area contributed by atoms with E-state index in [1.165, 1.54) is 6.07 Å². The van der Waals surface area contributed by atoms with Gasteiger partial charge in [-0.1, -0.05) is 19.1 Å². The maximum atomic E-state index is 13.2. The number of hydrogen-bond acceptors (Lipinski definition) is 1. The van der Waals surface area contributed by atoms with E-state index in [9.17, 15) is 8.78 Å². The molecule has 0 fully saturated rings. The normalized spacial score (nSPS) is 12.8. The van der Waals surface area contributed by atoms with Crippen molar-refractivity contribution in [3.63, 3.8) is 0 Å². The molecule has 1 N–H and O–H groups in total. The molecule has 0 bridgehead atoms. The van der Waals surface area contributed by atoms with E-state index in [-0.39, 0.29) is 6.04 Å². The SMILES string of the molecule is CCC(CCl)NCc1cccc(F)c1F. The van der Waals surface area contributed by atoms with Gasteiger partial charge < -0.3 is 5.32 Å². The van der Waals surface area contributed by atoms with Gasteiger partial charge in [0.2, 0.25) is 0 Å². The van der Waals surface area contributed by atoms with E-state index in [1.807, 2.05) is 6.92 Å². The van der Waals surface area contributed by atoms with Crippen LogP contribution in [0.4, 0.5) is 8.78 Å². The van der Waals surface area contributed by atoms with Crippen molar-refractivity contribution in [3.8, 4) is 0 Å². The lowest BCUT2D eigenvalue weighted by Crippen LogP contribution is -2.29. The van der Waals surface area contributed by atoms with Crippen LogP contribution in [0.3, 0.4) is 0 Å². The second-order valence-corrected chi connectivity index (χ2v) is 3.66. The second-order valence-electron chi connectivity index (χ2n) is 3.35. The van der Waals surface area contributed by atoms with Gasteiger partial charge >= 0.3 is 0 Å². The lowest BCUT2D eigenvalue weighted by atomic mass is 10.2. The van der Waals surface area contributed by atoms with Crippen LogP contribution in [0.5, 0.6) is 0 Å². The van der Waals surface area contributed by atoms with E-state index in [2.05, 4.69) is 5.32 Å². The summed E-state index contributed by atoms with van der Waals surface area (Å²) < 4.78 is 26.1. The van der Waals surface area contributed by atoms with Gasteiger partial charge in [-0.15, -0.1) is 11.6 Å². The highest BCUT2D eigenvalue weighted by molar-refractivity contribution is 6.18. The summed E-state index contributed by atoms with van der Waals surface area (Å²) in [5, 5.41) is 3.06. The summed E-state index contributed by atoms with van der Waals surface area (Å²) in [6.07, 6.45) is 0.862. The molecular weight excluding hydrogens is 220 g/mol. The average Bonchev–Trinajstić information content (AvgIpc) is 2.25. The Morgan fingerprint density at radius 2 is 2.13 bits per heavy atom. The van der Waals surface area contributed by atoms with Crippen molar-refractivity contribution >= 4 is 11.6 Å². The molecule has 0 aliphatic rings. The fourth-order valence-electron chi connectivity index (χ4n) is 1.25. The first-order chi connectivity index (χ1) is 7.19. The largest absolute Gasteiger partial charge is 0.309 e. The van der Waals surface area contributed by atoms with Gasteiger partial charge in [-0.3, -0.25) is 0 Å². The van der Waals surface area contributed by atoms with Crippen LogP contribution in [0.2, 0.25) is 0 Å². The molecule has 1 unspecified atom stereocenters. The molecule has 0 aliphatic carbocycles. The summed E-state index contributed by atoms with van der Waals surface area (Å²) in [4.78, 5) is 0. The molecule has 0 aromatic heterocycles. The standard InChI is InChI=1S/C11H14ClF2N/c1-2-9(6-12)15-7-8-4-3-5-10(13)11(8)14/h3-5,9,15H,2,6-7H2,1H3. The highest BCUT2D eigenvalue weighted by atomic mass is 35.5. The van der Waals surface area contributed by atoms with Crippen LogP contribution >= 0.6 is 11.6 Å². The van der Waals surface area contributed by atoms with Gasteiger partial charge in [-0.2, -0.15) is 0 Å². The van der Waals surface area contributed by atoms with Gasteiger partial charge in [-0.25, -0.2) is 8.78 Å². The van der Waals surface area contributed by atoms with Gasteiger partial charge in [0.1, 0.15) is 0 Å². The van der Waals surface area contributed by atoms with Crippen molar-refractivity contribution in [2.75, 3.05) is 5.88 Å². The number of benzene rings is 1. The summed E-state index contributed by atoms with van der Waals surface area (Å²) in [6, 6.07) is 4.30. The molecule has 15 heavy (non-hydrogen) atoms. The minimum Gasteiger partial charge on any atom is -0.309 e. The molecule has 1 aromatic carbocycles. The fourth-order valence-corrected chi connectivity index (χ4v) is 1.57. The minimum absolute atomic E-state index is 0.134. The molecule has 1 atom stereocenters. The van der Waals surface area contributed by atoms with Crippen molar-refractivity contribution < 1.29 is 8.78 Å². The zero-order chi connectivity index (χ0) is 11.3. The van der Waals surface area contributed by atoms with Crippen LogP contribution in [-0.2, 0) is 6.54 Å². The summed E-state index contributed by atoms with van der Waals surface area (Å²) in [7, 11) is 0. The highest BCUT2D eigenvalue weighted by Gasteiger charge is 2.09. The minimum atomic E-state index is -0.812. The van der Waals surface area contributed by atoms with E-state index < -0.39 is 11.6 Å². The summed E-state index contributed by atoms with van der Waals surface area (Å²) in [5.41, 5.74) is 0.332. The molecule has 0 heterocycles. The zero-order valence-corrected chi connectivity index (χ0v) is 9.32. The van der Waals surface area contributed by atoms with E-state index in [1.54, 1.807) is 6.07 Å². The van der Waals surface area contributed by atoms with Crippen molar-refractivity contribution in [1.29, 1.82) is 0 Å². The van der Waals surface area contributed by atoms with Crippen molar-refractivity contribution in [2.45, 2.75) is 25.9 Å². The quantitative estimate of drug-likeness (QED) is 0.771.